The van der Waals surface area contributed by atoms with Crippen molar-refractivity contribution in [2.24, 2.45) is 11.3 Å². The number of carboxylic acids is 1. The van der Waals surface area contributed by atoms with E-state index in [1.165, 1.54) is 35.2 Å². The molecule has 1 aromatic heterocycles. The van der Waals surface area contributed by atoms with Crippen LogP contribution in [0.25, 0.3) is 0 Å². The minimum Gasteiger partial charge on any atom is -0.478 e. The van der Waals surface area contributed by atoms with Crippen molar-refractivity contribution in [3.63, 3.8) is 0 Å². The van der Waals surface area contributed by atoms with Gasteiger partial charge in [-0.1, -0.05) is 39.0 Å². The summed E-state index contributed by atoms with van der Waals surface area (Å²) in [5.74, 6) is -1.79. The lowest BCUT2D eigenvalue weighted by Crippen LogP contribution is -2.26. The molecule has 0 saturated carbocycles. The smallest absolute Gasteiger partial charge is 0.341 e. The summed E-state index contributed by atoms with van der Waals surface area (Å²) in [5, 5.41) is 15.6. The Hall–Kier alpha value is -3.63. The number of amides is 2. The number of fused-ring (bicyclic) bond motifs is 1. The molecule has 1 aliphatic rings. The number of aromatic carboxylic acids is 1. The van der Waals surface area contributed by atoms with Crippen molar-refractivity contribution in [3.8, 4) is 0 Å². The molecule has 0 saturated heterocycles. The molecule has 0 bridgehead atoms. The number of carbonyl (C=O) groups is 4. The largest absolute Gasteiger partial charge is 0.478 e. The van der Waals surface area contributed by atoms with Crippen LogP contribution in [0, 0.1) is 11.3 Å². The number of thiophene rings is 1. The van der Waals surface area contributed by atoms with Crippen LogP contribution in [0.4, 0.5) is 10.7 Å². The summed E-state index contributed by atoms with van der Waals surface area (Å²) in [6.45, 7) is 8.72. The van der Waals surface area contributed by atoms with E-state index in [4.69, 9.17) is 4.74 Å². The highest BCUT2D eigenvalue weighted by molar-refractivity contribution is 8.00. The topological polar surface area (TPSA) is 122 Å². The van der Waals surface area contributed by atoms with E-state index in [-0.39, 0.29) is 34.8 Å². The van der Waals surface area contributed by atoms with E-state index in [2.05, 4.69) is 31.4 Å². The summed E-state index contributed by atoms with van der Waals surface area (Å²) in [6.07, 6.45) is 2.63. The van der Waals surface area contributed by atoms with Gasteiger partial charge in [-0.25, -0.2) is 9.59 Å². The molecule has 3 N–H and O–H groups in total. The minimum absolute atomic E-state index is 0.0577. The van der Waals surface area contributed by atoms with E-state index >= 15 is 0 Å². The number of anilines is 2. The quantitative estimate of drug-likeness (QED) is 0.185. The molecule has 3 aromatic rings. The van der Waals surface area contributed by atoms with Crippen molar-refractivity contribution >= 4 is 57.5 Å². The molecule has 0 aliphatic heterocycles. The van der Waals surface area contributed by atoms with Crippen molar-refractivity contribution in [2.75, 3.05) is 23.0 Å². The number of carbonyl (C=O) groups excluding carboxylic acids is 3. The van der Waals surface area contributed by atoms with Crippen molar-refractivity contribution in [3.05, 3.63) is 75.7 Å². The molecule has 1 unspecified atom stereocenters. The second-order valence-electron chi connectivity index (χ2n) is 10.9. The Morgan fingerprint density at radius 2 is 1.78 bits per heavy atom. The van der Waals surface area contributed by atoms with Crippen molar-refractivity contribution in [2.45, 2.75) is 51.9 Å². The van der Waals surface area contributed by atoms with Gasteiger partial charge < -0.3 is 20.5 Å². The lowest BCUT2D eigenvalue weighted by Gasteiger charge is -2.33. The van der Waals surface area contributed by atoms with Crippen LogP contribution in [-0.2, 0) is 22.4 Å². The van der Waals surface area contributed by atoms with Crippen LogP contribution >= 0.6 is 23.1 Å². The maximum absolute atomic E-state index is 13.0. The maximum Gasteiger partial charge on any atom is 0.341 e. The van der Waals surface area contributed by atoms with Gasteiger partial charge in [0.05, 0.1) is 29.1 Å². The molecule has 216 valence electrons. The molecule has 0 spiro atoms. The van der Waals surface area contributed by atoms with E-state index in [0.717, 1.165) is 34.6 Å². The second kappa shape index (κ2) is 12.9. The predicted octanol–water partition coefficient (Wildman–Crippen LogP) is 6.76. The second-order valence-corrected chi connectivity index (χ2v) is 13.1. The zero-order valence-corrected chi connectivity index (χ0v) is 25.2. The van der Waals surface area contributed by atoms with Crippen LogP contribution in [-0.4, -0.2) is 41.2 Å². The molecule has 2 aromatic carbocycles. The highest BCUT2D eigenvalue weighted by Gasteiger charge is 2.34. The van der Waals surface area contributed by atoms with Gasteiger partial charge >= 0.3 is 11.9 Å². The van der Waals surface area contributed by atoms with Crippen LogP contribution in [0.1, 0.15) is 75.6 Å². The van der Waals surface area contributed by atoms with Crippen LogP contribution in [0.3, 0.4) is 0 Å². The third-order valence-electron chi connectivity index (χ3n) is 7.09. The zero-order valence-electron chi connectivity index (χ0n) is 23.5. The van der Waals surface area contributed by atoms with Gasteiger partial charge in [0.1, 0.15) is 5.00 Å². The van der Waals surface area contributed by atoms with Crippen molar-refractivity contribution in [1.82, 2.24) is 0 Å². The Morgan fingerprint density at radius 1 is 1.05 bits per heavy atom. The fraction of sp³-hybridized carbons (Fsp3) is 0.355. The van der Waals surface area contributed by atoms with E-state index in [0.29, 0.717) is 22.2 Å². The first-order valence-electron chi connectivity index (χ1n) is 13.5. The average Bonchev–Trinajstić information content (AvgIpc) is 3.28. The molecule has 4 rings (SSSR count). The lowest BCUT2D eigenvalue weighted by molar-refractivity contribution is -0.113. The van der Waals surface area contributed by atoms with Crippen LogP contribution in [0.5, 0.6) is 0 Å². The number of benzene rings is 2. The molecule has 0 fully saturated rings. The SMILES string of the molecule is CCOC(=O)c1c(NC(=O)CSc2cccc(NC(=O)c3ccccc3C(=O)O)c2)sc2c1CCC(C(C)(C)C)C2. The van der Waals surface area contributed by atoms with Gasteiger partial charge in [-0.3, -0.25) is 9.59 Å². The number of hydrogen-bond acceptors (Lipinski definition) is 7. The number of carboxylic acid groups (broad SMARTS) is 1. The van der Waals surface area contributed by atoms with Gasteiger partial charge in [-0.15, -0.1) is 23.1 Å². The first-order valence-corrected chi connectivity index (χ1v) is 15.3. The first kappa shape index (κ1) is 30.3. The van der Waals surface area contributed by atoms with Crippen LogP contribution < -0.4 is 10.6 Å². The average molecular weight is 595 g/mol. The molecular weight excluding hydrogens is 560 g/mol. The summed E-state index contributed by atoms with van der Waals surface area (Å²) >= 11 is 2.75. The van der Waals surface area contributed by atoms with Gasteiger partial charge in [-0.05, 0) is 73.4 Å². The number of esters is 1. The van der Waals surface area contributed by atoms with Crippen LogP contribution in [0.2, 0.25) is 0 Å². The summed E-state index contributed by atoms with van der Waals surface area (Å²) in [4.78, 5) is 52.0. The Bertz CT molecular complexity index is 1470. The standard InChI is InChI=1S/C31H34N2O6S2/c1-5-39-30(38)26-23-14-13-18(31(2,3)4)15-24(23)41-28(26)33-25(34)17-40-20-10-8-9-19(16-20)32-27(35)21-11-6-7-12-22(21)29(36)37/h6-12,16,18H,5,13-15,17H2,1-4H3,(H,32,35)(H,33,34)(H,36,37). The number of ether oxygens (including phenoxy) is 1. The van der Waals surface area contributed by atoms with E-state index < -0.39 is 17.8 Å². The molecule has 8 nitrogen and oxygen atoms in total. The normalized spacial score (nSPS) is 14.6. The van der Waals surface area contributed by atoms with E-state index in [1.54, 1.807) is 37.3 Å². The van der Waals surface area contributed by atoms with Gasteiger partial charge in [0.15, 0.2) is 0 Å². The predicted molar refractivity (Wildman–Crippen MR) is 162 cm³/mol. The third-order valence-corrected chi connectivity index (χ3v) is 9.25. The lowest BCUT2D eigenvalue weighted by atomic mass is 9.72. The Labute approximate surface area is 247 Å². The number of thioether (sulfide) groups is 1. The summed E-state index contributed by atoms with van der Waals surface area (Å²) < 4.78 is 5.34. The monoisotopic (exact) mass is 594 g/mol. The number of rotatable bonds is 9. The maximum atomic E-state index is 13.0. The molecule has 2 amide bonds. The Kier molecular flexibility index (Phi) is 9.55. The van der Waals surface area contributed by atoms with E-state index in [9.17, 15) is 24.3 Å². The van der Waals surface area contributed by atoms with Gasteiger partial charge in [0, 0.05) is 15.5 Å². The van der Waals surface area contributed by atoms with Gasteiger partial charge in [0.25, 0.3) is 5.91 Å². The molecule has 1 aliphatic carbocycles. The zero-order chi connectivity index (χ0) is 29.7. The van der Waals surface area contributed by atoms with Crippen molar-refractivity contribution in [1.29, 1.82) is 0 Å². The molecule has 41 heavy (non-hydrogen) atoms. The van der Waals surface area contributed by atoms with Gasteiger partial charge in [-0.2, -0.15) is 0 Å². The number of hydrogen-bond donors (Lipinski definition) is 3. The fourth-order valence-corrected chi connectivity index (χ4v) is 6.96. The Balaban J connectivity index is 1.44. The summed E-state index contributed by atoms with van der Waals surface area (Å²) in [5.41, 5.74) is 2.07. The Morgan fingerprint density at radius 3 is 2.46 bits per heavy atom. The molecule has 0 radical (unpaired) electrons. The molecule has 1 atom stereocenters. The fourth-order valence-electron chi connectivity index (χ4n) is 4.87. The van der Waals surface area contributed by atoms with Crippen LogP contribution in [0.15, 0.2) is 53.4 Å². The van der Waals surface area contributed by atoms with Gasteiger partial charge in [0.2, 0.25) is 5.91 Å². The van der Waals surface area contributed by atoms with E-state index in [1.807, 2.05) is 6.07 Å². The highest BCUT2D eigenvalue weighted by atomic mass is 32.2. The van der Waals surface area contributed by atoms with Crippen molar-refractivity contribution < 1.29 is 29.0 Å². The number of nitrogens with one attached hydrogen (secondary N) is 2. The third kappa shape index (κ3) is 7.37. The molecule has 10 heteroatoms. The minimum atomic E-state index is -1.18. The summed E-state index contributed by atoms with van der Waals surface area (Å²) in [6, 6.07) is 13.0. The molecule has 1 heterocycles. The highest BCUT2D eigenvalue weighted by Crippen LogP contribution is 2.44. The summed E-state index contributed by atoms with van der Waals surface area (Å²) in [7, 11) is 0. The first-order chi connectivity index (χ1) is 19.5. The molecular formula is C31H34N2O6S2.